The molecule has 0 spiro atoms. The molecule has 32 heavy (non-hydrogen) atoms. The van der Waals surface area contributed by atoms with Crippen molar-refractivity contribution in [1.29, 1.82) is 0 Å². The number of aromatic nitrogens is 1. The predicted molar refractivity (Wildman–Crippen MR) is 121 cm³/mol. The Hall–Kier alpha value is -3.65. The normalized spacial score (nSPS) is 15.6. The number of anilines is 2. The molecule has 166 valence electrons. The number of pyridine rings is 1. The molecule has 3 aromatic rings. The van der Waals surface area contributed by atoms with E-state index in [0.717, 1.165) is 30.9 Å². The Morgan fingerprint density at radius 3 is 2.72 bits per heavy atom. The van der Waals surface area contributed by atoms with E-state index in [1.54, 1.807) is 25.4 Å². The number of amides is 1. The highest BCUT2D eigenvalue weighted by Crippen LogP contribution is 2.24. The van der Waals surface area contributed by atoms with Gasteiger partial charge in [-0.2, -0.15) is 0 Å². The topological polar surface area (TPSA) is 86.7 Å². The van der Waals surface area contributed by atoms with Gasteiger partial charge in [-0.1, -0.05) is 6.07 Å². The van der Waals surface area contributed by atoms with Gasteiger partial charge < -0.3 is 25.4 Å². The van der Waals surface area contributed by atoms with Gasteiger partial charge in [-0.3, -0.25) is 4.79 Å². The molecule has 1 aliphatic rings. The highest BCUT2D eigenvalue weighted by molar-refractivity contribution is 6.04. The summed E-state index contributed by atoms with van der Waals surface area (Å²) in [6, 6.07) is 14.7. The summed E-state index contributed by atoms with van der Waals surface area (Å²) >= 11 is 0. The van der Waals surface area contributed by atoms with Gasteiger partial charge in [0.1, 0.15) is 23.1 Å². The second-order valence-electron chi connectivity index (χ2n) is 7.67. The third kappa shape index (κ3) is 5.15. The fourth-order valence-corrected chi connectivity index (χ4v) is 3.65. The van der Waals surface area contributed by atoms with E-state index in [1.165, 1.54) is 24.3 Å². The second kappa shape index (κ2) is 9.65. The number of carbonyl (C=O) groups excluding carboxylic acids is 1. The van der Waals surface area contributed by atoms with Gasteiger partial charge in [0, 0.05) is 49.2 Å². The van der Waals surface area contributed by atoms with Crippen LogP contribution in [0.1, 0.15) is 22.3 Å². The average molecular weight is 436 g/mol. The summed E-state index contributed by atoms with van der Waals surface area (Å²) in [6.07, 6.45) is 2.50. The van der Waals surface area contributed by atoms with Gasteiger partial charge in [0.2, 0.25) is 0 Å². The average Bonchev–Trinajstić information content (AvgIpc) is 3.29. The van der Waals surface area contributed by atoms with E-state index < -0.39 is 0 Å². The molecule has 1 fully saturated rings. The molecule has 1 saturated heterocycles. The molecule has 0 aliphatic carbocycles. The molecule has 1 amide bonds. The predicted octanol–water partition coefficient (Wildman–Crippen LogP) is 3.56. The van der Waals surface area contributed by atoms with Crippen LogP contribution in [-0.4, -0.2) is 42.2 Å². The largest absolute Gasteiger partial charge is 0.507 e. The molecule has 1 aromatic heterocycles. The number of hydrogen-bond acceptors (Lipinski definition) is 6. The highest BCUT2D eigenvalue weighted by Gasteiger charge is 2.23. The lowest BCUT2D eigenvalue weighted by molar-refractivity contribution is 0.102. The first-order valence-electron chi connectivity index (χ1n) is 10.4. The lowest BCUT2D eigenvalue weighted by atomic mass is 10.1. The number of rotatable bonds is 7. The van der Waals surface area contributed by atoms with Gasteiger partial charge in [-0.05, 0) is 48.9 Å². The maximum Gasteiger partial charge on any atom is 0.257 e. The number of aromatic hydroxyl groups is 1. The summed E-state index contributed by atoms with van der Waals surface area (Å²) in [5, 5.41) is 16.3. The van der Waals surface area contributed by atoms with Crippen LogP contribution in [0.15, 0.2) is 60.8 Å². The van der Waals surface area contributed by atoms with Crippen molar-refractivity contribution >= 4 is 17.4 Å². The SMILES string of the molecule is COc1ccc(CNC2CCN(c3ccc(C(=O)Nc4ccc(F)cc4)cn3)C2)c(O)c1. The quantitative estimate of drug-likeness (QED) is 0.525. The van der Waals surface area contributed by atoms with Crippen molar-refractivity contribution in [1.82, 2.24) is 10.3 Å². The summed E-state index contributed by atoms with van der Waals surface area (Å²) in [6.45, 7) is 2.19. The molecule has 1 unspecified atom stereocenters. The van der Waals surface area contributed by atoms with Gasteiger partial charge in [0.05, 0.1) is 12.7 Å². The van der Waals surface area contributed by atoms with Crippen molar-refractivity contribution in [2.75, 3.05) is 30.4 Å². The van der Waals surface area contributed by atoms with Crippen LogP contribution in [0.5, 0.6) is 11.5 Å². The van der Waals surface area contributed by atoms with E-state index in [9.17, 15) is 14.3 Å². The summed E-state index contributed by atoms with van der Waals surface area (Å²) in [7, 11) is 1.57. The van der Waals surface area contributed by atoms with Gasteiger partial charge in [-0.15, -0.1) is 0 Å². The molecule has 3 N–H and O–H groups in total. The zero-order valence-corrected chi connectivity index (χ0v) is 17.7. The number of halogens is 1. The maximum atomic E-state index is 13.0. The Bertz CT molecular complexity index is 1070. The molecule has 0 bridgehead atoms. The second-order valence-corrected chi connectivity index (χ2v) is 7.67. The van der Waals surface area contributed by atoms with Crippen LogP contribution in [0.2, 0.25) is 0 Å². The first kappa shape index (κ1) is 21.6. The van der Waals surface area contributed by atoms with E-state index in [1.807, 2.05) is 18.2 Å². The number of ether oxygens (including phenoxy) is 1. The molecule has 4 rings (SSSR count). The number of hydrogen-bond donors (Lipinski definition) is 3. The highest BCUT2D eigenvalue weighted by atomic mass is 19.1. The Morgan fingerprint density at radius 2 is 2.03 bits per heavy atom. The van der Waals surface area contributed by atoms with E-state index in [-0.39, 0.29) is 23.5 Å². The lowest BCUT2D eigenvalue weighted by Gasteiger charge is -2.18. The fourth-order valence-electron chi connectivity index (χ4n) is 3.65. The summed E-state index contributed by atoms with van der Waals surface area (Å²) in [4.78, 5) is 19.0. The molecule has 7 nitrogen and oxygen atoms in total. The van der Waals surface area contributed by atoms with Gasteiger partial charge >= 0.3 is 0 Å². The van der Waals surface area contributed by atoms with Crippen LogP contribution in [-0.2, 0) is 6.54 Å². The molecule has 1 atom stereocenters. The van der Waals surface area contributed by atoms with Crippen molar-refractivity contribution in [3.8, 4) is 11.5 Å². The zero-order chi connectivity index (χ0) is 22.5. The van der Waals surface area contributed by atoms with Gasteiger partial charge in [-0.25, -0.2) is 9.37 Å². The van der Waals surface area contributed by atoms with Gasteiger partial charge in [0.15, 0.2) is 0 Å². The monoisotopic (exact) mass is 436 g/mol. The van der Waals surface area contributed by atoms with Crippen LogP contribution in [0.4, 0.5) is 15.9 Å². The summed E-state index contributed by atoms with van der Waals surface area (Å²) < 4.78 is 18.1. The molecular formula is C24H25FN4O3. The Balaban J connectivity index is 1.30. The molecular weight excluding hydrogens is 411 g/mol. The first-order valence-corrected chi connectivity index (χ1v) is 10.4. The van der Waals surface area contributed by atoms with E-state index in [4.69, 9.17) is 4.74 Å². The number of carbonyl (C=O) groups is 1. The minimum absolute atomic E-state index is 0.211. The van der Waals surface area contributed by atoms with E-state index in [2.05, 4.69) is 20.5 Å². The lowest BCUT2D eigenvalue weighted by Crippen LogP contribution is -2.32. The van der Waals surface area contributed by atoms with Crippen molar-refractivity contribution in [2.24, 2.45) is 0 Å². The number of methoxy groups -OCH3 is 1. The third-order valence-electron chi connectivity index (χ3n) is 5.50. The van der Waals surface area contributed by atoms with Crippen molar-refractivity contribution in [2.45, 2.75) is 19.0 Å². The molecule has 8 heteroatoms. The standard InChI is InChI=1S/C24H25FN4O3/c1-32-21-8-2-16(22(30)12-21)13-26-20-10-11-29(15-20)23-9-3-17(14-27-23)24(31)28-19-6-4-18(25)5-7-19/h2-9,12,14,20,26,30H,10-11,13,15H2,1H3,(H,28,31). The minimum atomic E-state index is -0.353. The first-order chi connectivity index (χ1) is 15.5. The van der Waals surface area contributed by atoms with E-state index in [0.29, 0.717) is 23.5 Å². The molecule has 0 radical (unpaired) electrons. The molecule has 0 saturated carbocycles. The summed E-state index contributed by atoms with van der Waals surface area (Å²) in [5.74, 6) is 0.992. The molecule has 2 heterocycles. The zero-order valence-electron chi connectivity index (χ0n) is 17.7. The fraction of sp³-hybridized carbons (Fsp3) is 0.250. The molecule has 2 aromatic carbocycles. The minimum Gasteiger partial charge on any atom is -0.507 e. The van der Waals surface area contributed by atoms with Crippen LogP contribution in [0, 0.1) is 5.82 Å². The van der Waals surface area contributed by atoms with Gasteiger partial charge in [0.25, 0.3) is 5.91 Å². The smallest absolute Gasteiger partial charge is 0.257 e. The number of phenolic OH excluding ortho intramolecular Hbond substituents is 1. The Labute approximate surface area is 185 Å². The van der Waals surface area contributed by atoms with Crippen LogP contribution < -0.4 is 20.3 Å². The number of nitrogens with zero attached hydrogens (tertiary/aromatic N) is 2. The number of phenols is 1. The maximum absolute atomic E-state index is 13.0. The van der Waals surface area contributed by atoms with Crippen molar-refractivity contribution in [3.63, 3.8) is 0 Å². The third-order valence-corrected chi connectivity index (χ3v) is 5.50. The van der Waals surface area contributed by atoms with Crippen LogP contribution in [0.3, 0.4) is 0 Å². The Morgan fingerprint density at radius 1 is 1.22 bits per heavy atom. The summed E-state index contributed by atoms with van der Waals surface area (Å²) in [5.41, 5.74) is 1.78. The number of benzene rings is 2. The van der Waals surface area contributed by atoms with Crippen molar-refractivity contribution in [3.05, 3.63) is 77.7 Å². The number of nitrogens with one attached hydrogen (secondary N) is 2. The Kier molecular flexibility index (Phi) is 6.51. The van der Waals surface area contributed by atoms with Crippen LogP contribution in [0.25, 0.3) is 0 Å². The van der Waals surface area contributed by atoms with E-state index >= 15 is 0 Å². The van der Waals surface area contributed by atoms with Crippen LogP contribution >= 0.6 is 0 Å². The molecule has 1 aliphatic heterocycles. The van der Waals surface area contributed by atoms with Crippen molar-refractivity contribution < 1.29 is 19.0 Å².